The van der Waals surface area contributed by atoms with Crippen LogP contribution in [0.25, 0.3) is 11.1 Å². The first kappa shape index (κ1) is 15.2. The average Bonchev–Trinajstić information content (AvgIpc) is 2.40. The van der Waals surface area contributed by atoms with Crippen LogP contribution < -0.4 is 0 Å². The molecular formula is C17H16F2O2. The summed E-state index contributed by atoms with van der Waals surface area (Å²) in [6.45, 7) is 4.99. The number of carbonyl (C=O) groups excluding carboxylic acids is 1. The Hall–Kier alpha value is -2.23. The first-order valence-corrected chi connectivity index (χ1v) is 6.56. The van der Waals surface area contributed by atoms with E-state index in [-0.39, 0.29) is 5.56 Å². The third-order valence-corrected chi connectivity index (χ3v) is 2.79. The highest BCUT2D eigenvalue weighted by Crippen LogP contribution is 2.27. The highest BCUT2D eigenvalue weighted by molar-refractivity contribution is 5.90. The first-order valence-electron chi connectivity index (χ1n) is 6.56. The van der Waals surface area contributed by atoms with Gasteiger partial charge < -0.3 is 4.74 Å². The van der Waals surface area contributed by atoms with Crippen molar-refractivity contribution in [2.45, 2.75) is 26.4 Å². The van der Waals surface area contributed by atoms with Crippen molar-refractivity contribution in [3.63, 3.8) is 0 Å². The fourth-order valence-corrected chi connectivity index (χ4v) is 1.88. The Morgan fingerprint density at radius 1 is 0.952 bits per heavy atom. The predicted molar refractivity (Wildman–Crippen MR) is 77.0 cm³/mol. The molecule has 0 saturated carbocycles. The van der Waals surface area contributed by atoms with Crippen molar-refractivity contribution in [3.8, 4) is 11.1 Å². The molecule has 0 spiro atoms. The van der Waals surface area contributed by atoms with Gasteiger partial charge in [-0.25, -0.2) is 13.6 Å². The molecule has 0 N–H and O–H groups in total. The fourth-order valence-electron chi connectivity index (χ4n) is 1.88. The summed E-state index contributed by atoms with van der Waals surface area (Å²) in [5.41, 5.74) is -0.509. The molecule has 21 heavy (non-hydrogen) atoms. The number of halogens is 2. The highest BCUT2D eigenvalue weighted by Gasteiger charge is 2.24. The Kier molecular flexibility index (Phi) is 4.07. The Bertz CT molecular complexity index is 658. The lowest BCUT2D eigenvalue weighted by Gasteiger charge is -2.20. The van der Waals surface area contributed by atoms with E-state index in [0.717, 1.165) is 0 Å². The van der Waals surface area contributed by atoms with Gasteiger partial charge in [-0.1, -0.05) is 36.4 Å². The Morgan fingerprint density at radius 3 is 2.14 bits per heavy atom. The van der Waals surface area contributed by atoms with Gasteiger partial charge in [0.2, 0.25) is 0 Å². The molecule has 0 saturated heterocycles. The lowest BCUT2D eigenvalue weighted by Crippen LogP contribution is -2.24. The van der Waals surface area contributed by atoms with Gasteiger partial charge in [0.1, 0.15) is 5.60 Å². The quantitative estimate of drug-likeness (QED) is 0.756. The van der Waals surface area contributed by atoms with Gasteiger partial charge in [0.15, 0.2) is 11.6 Å². The summed E-state index contributed by atoms with van der Waals surface area (Å²) in [7, 11) is 0. The average molecular weight is 290 g/mol. The molecule has 2 rings (SSSR count). The molecule has 0 unspecified atom stereocenters. The van der Waals surface area contributed by atoms with Crippen LogP contribution in [0.3, 0.4) is 0 Å². The minimum Gasteiger partial charge on any atom is -0.456 e. The maximum atomic E-state index is 14.2. The van der Waals surface area contributed by atoms with Gasteiger partial charge in [-0.2, -0.15) is 0 Å². The molecule has 2 nitrogen and oxygen atoms in total. The van der Waals surface area contributed by atoms with Gasteiger partial charge in [-0.15, -0.1) is 0 Å². The molecule has 110 valence electrons. The molecule has 0 atom stereocenters. The summed E-state index contributed by atoms with van der Waals surface area (Å²) in [4.78, 5) is 11.9. The van der Waals surface area contributed by atoms with E-state index in [0.29, 0.717) is 5.56 Å². The zero-order chi connectivity index (χ0) is 15.6. The van der Waals surface area contributed by atoms with E-state index >= 15 is 0 Å². The summed E-state index contributed by atoms with van der Waals surface area (Å²) in [5, 5.41) is 0. The number of esters is 1. The van der Waals surface area contributed by atoms with E-state index in [1.54, 1.807) is 51.1 Å². The van der Waals surface area contributed by atoms with E-state index < -0.39 is 28.8 Å². The first-order chi connectivity index (χ1) is 9.79. The number of hydrogen-bond acceptors (Lipinski definition) is 2. The summed E-state index contributed by atoms with van der Waals surface area (Å²) in [6, 6.07) is 11.2. The van der Waals surface area contributed by atoms with Crippen molar-refractivity contribution in [3.05, 3.63) is 59.7 Å². The van der Waals surface area contributed by atoms with Crippen molar-refractivity contribution in [1.29, 1.82) is 0 Å². The van der Waals surface area contributed by atoms with Crippen LogP contribution >= 0.6 is 0 Å². The maximum absolute atomic E-state index is 14.2. The van der Waals surface area contributed by atoms with Crippen LogP contribution in [-0.2, 0) is 4.74 Å². The van der Waals surface area contributed by atoms with E-state index in [9.17, 15) is 13.6 Å². The van der Waals surface area contributed by atoms with E-state index in [2.05, 4.69) is 0 Å². The number of hydrogen-bond donors (Lipinski definition) is 0. The Balaban J connectivity index is 2.41. The zero-order valence-electron chi connectivity index (χ0n) is 12.1. The lowest BCUT2D eigenvalue weighted by molar-refractivity contribution is 0.00637. The normalized spacial score (nSPS) is 11.3. The molecule has 0 aliphatic rings. The second-order valence-electron chi connectivity index (χ2n) is 5.66. The Morgan fingerprint density at radius 2 is 1.57 bits per heavy atom. The minimum absolute atomic E-state index is 0.111. The molecule has 0 heterocycles. The van der Waals surface area contributed by atoms with Gasteiger partial charge in [0.25, 0.3) is 0 Å². The standard InChI is InChI=1S/C17H16F2O2/c1-17(2,3)21-16(20)13-10-9-12(14(18)15(13)19)11-7-5-4-6-8-11/h4-10H,1-3H3. The predicted octanol–water partition coefficient (Wildman–Crippen LogP) is 4.59. The molecule has 2 aromatic carbocycles. The summed E-state index contributed by atoms with van der Waals surface area (Å²) < 4.78 is 33.3. The van der Waals surface area contributed by atoms with Gasteiger partial charge in [-0.05, 0) is 32.4 Å². The van der Waals surface area contributed by atoms with Crippen LogP contribution in [-0.4, -0.2) is 11.6 Å². The second-order valence-corrected chi connectivity index (χ2v) is 5.66. The summed E-state index contributed by atoms with van der Waals surface area (Å²) in [5.74, 6) is -3.12. The van der Waals surface area contributed by atoms with Crippen LogP contribution in [0.5, 0.6) is 0 Å². The molecule has 2 aromatic rings. The molecule has 0 aliphatic heterocycles. The van der Waals surface area contributed by atoms with Crippen molar-refractivity contribution in [2.24, 2.45) is 0 Å². The molecule has 4 heteroatoms. The molecule has 0 aliphatic carbocycles. The van der Waals surface area contributed by atoms with Crippen molar-refractivity contribution in [2.75, 3.05) is 0 Å². The Labute approximate surface area is 122 Å². The minimum atomic E-state index is -1.19. The van der Waals surface area contributed by atoms with Crippen molar-refractivity contribution in [1.82, 2.24) is 0 Å². The largest absolute Gasteiger partial charge is 0.456 e. The number of carbonyl (C=O) groups is 1. The summed E-state index contributed by atoms with van der Waals surface area (Å²) in [6.07, 6.45) is 0. The maximum Gasteiger partial charge on any atom is 0.341 e. The van der Waals surface area contributed by atoms with Gasteiger partial charge in [0, 0.05) is 5.56 Å². The highest BCUT2D eigenvalue weighted by atomic mass is 19.2. The van der Waals surface area contributed by atoms with Crippen LogP contribution in [0, 0.1) is 11.6 Å². The van der Waals surface area contributed by atoms with E-state index in [4.69, 9.17) is 4.74 Å². The topological polar surface area (TPSA) is 26.3 Å². The number of benzene rings is 2. The van der Waals surface area contributed by atoms with Gasteiger partial charge in [-0.3, -0.25) is 0 Å². The molecule has 0 aromatic heterocycles. The van der Waals surface area contributed by atoms with E-state index in [1.807, 2.05) is 0 Å². The molecular weight excluding hydrogens is 274 g/mol. The van der Waals surface area contributed by atoms with Crippen LogP contribution in [0.15, 0.2) is 42.5 Å². The third-order valence-electron chi connectivity index (χ3n) is 2.79. The number of ether oxygens (including phenoxy) is 1. The molecule has 0 bridgehead atoms. The van der Waals surface area contributed by atoms with Crippen LogP contribution in [0.4, 0.5) is 8.78 Å². The van der Waals surface area contributed by atoms with E-state index in [1.165, 1.54) is 12.1 Å². The van der Waals surface area contributed by atoms with Crippen molar-refractivity contribution < 1.29 is 18.3 Å². The second kappa shape index (κ2) is 5.64. The molecule has 0 radical (unpaired) electrons. The van der Waals surface area contributed by atoms with Gasteiger partial charge >= 0.3 is 5.97 Å². The van der Waals surface area contributed by atoms with Gasteiger partial charge in [0.05, 0.1) is 5.56 Å². The summed E-state index contributed by atoms with van der Waals surface area (Å²) >= 11 is 0. The third kappa shape index (κ3) is 3.45. The lowest BCUT2D eigenvalue weighted by atomic mass is 10.0. The monoisotopic (exact) mass is 290 g/mol. The fraction of sp³-hybridized carbons (Fsp3) is 0.235. The van der Waals surface area contributed by atoms with Crippen molar-refractivity contribution >= 4 is 5.97 Å². The van der Waals surface area contributed by atoms with Crippen LogP contribution in [0.2, 0.25) is 0 Å². The molecule has 0 amide bonds. The smallest absolute Gasteiger partial charge is 0.341 e. The molecule has 0 fully saturated rings. The van der Waals surface area contributed by atoms with Crippen LogP contribution in [0.1, 0.15) is 31.1 Å². The number of rotatable bonds is 2. The SMILES string of the molecule is CC(C)(C)OC(=O)c1ccc(-c2ccccc2)c(F)c1F. The zero-order valence-corrected chi connectivity index (χ0v) is 12.1.